The minimum Gasteiger partial charge on any atom is -0.321 e. The Morgan fingerprint density at radius 3 is 2.68 bits per heavy atom. The number of halogens is 1. The van der Waals surface area contributed by atoms with Gasteiger partial charge in [0.05, 0.1) is 17.4 Å². The molecule has 0 saturated carbocycles. The van der Waals surface area contributed by atoms with E-state index in [0.717, 1.165) is 33.5 Å². The van der Waals surface area contributed by atoms with E-state index in [1.165, 1.54) is 23.6 Å². The van der Waals surface area contributed by atoms with Crippen LogP contribution in [-0.4, -0.2) is 15.9 Å². The van der Waals surface area contributed by atoms with Gasteiger partial charge in [-0.2, -0.15) is 0 Å². The second-order valence-corrected chi connectivity index (χ2v) is 7.12. The smallest absolute Gasteiger partial charge is 0.258 e. The third-order valence-corrected chi connectivity index (χ3v) is 5.21. The van der Waals surface area contributed by atoms with Crippen molar-refractivity contribution in [3.05, 3.63) is 89.4 Å². The summed E-state index contributed by atoms with van der Waals surface area (Å²) in [6.07, 6.45) is 4.13. The molecule has 4 rings (SSSR count). The predicted octanol–water partition coefficient (Wildman–Crippen LogP) is 5.57. The van der Waals surface area contributed by atoms with Crippen LogP contribution in [0.3, 0.4) is 0 Å². The second kappa shape index (κ2) is 7.70. The Kier molecular flexibility index (Phi) is 4.95. The first-order valence-corrected chi connectivity index (χ1v) is 9.52. The summed E-state index contributed by atoms with van der Waals surface area (Å²) in [4.78, 5) is 20.6. The Hall–Kier alpha value is -3.38. The van der Waals surface area contributed by atoms with E-state index in [9.17, 15) is 9.18 Å². The summed E-state index contributed by atoms with van der Waals surface area (Å²) < 4.78 is 13.9. The third-order valence-electron chi connectivity index (χ3n) is 4.40. The highest BCUT2D eigenvalue weighted by molar-refractivity contribution is 7.13. The minimum absolute atomic E-state index is 0.0527. The number of thiazole rings is 1. The molecule has 2 heterocycles. The number of hydrogen-bond donors (Lipinski definition) is 1. The van der Waals surface area contributed by atoms with Gasteiger partial charge in [0.2, 0.25) is 0 Å². The van der Waals surface area contributed by atoms with E-state index >= 15 is 0 Å². The topological polar surface area (TPSA) is 54.9 Å². The lowest BCUT2D eigenvalue weighted by Crippen LogP contribution is -2.14. The van der Waals surface area contributed by atoms with Crippen LogP contribution in [0, 0.1) is 12.7 Å². The van der Waals surface area contributed by atoms with Crippen molar-refractivity contribution in [2.75, 3.05) is 5.32 Å². The number of amides is 1. The van der Waals surface area contributed by atoms with Crippen LogP contribution in [0.5, 0.6) is 0 Å². The number of aryl methyl sites for hydroxylation is 1. The number of carbonyl (C=O) groups is 1. The highest BCUT2D eigenvalue weighted by atomic mass is 32.1. The van der Waals surface area contributed by atoms with E-state index in [1.54, 1.807) is 6.20 Å². The van der Waals surface area contributed by atoms with Crippen LogP contribution >= 0.6 is 11.3 Å². The van der Waals surface area contributed by atoms with Crippen molar-refractivity contribution in [3.63, 3.8) is 0 Å². The molecule has 28 heavy (non-hydrogen) atoms. The number of benzene rings is 2. The highest BCUT2D eigenvalue weighted by Gasteiger charge is 2.16. The van der Waals surface area contributed by atoms with Crippen LogP contribution < -0.4 is 5.32 Å². The maximum atomic E-state index is 13.9. The van der Waals surface area contributed by atoms with Crippen molar-refractivity contribution in [2.45, 2.75) is 6.92 Å². The SMILES string of the molecule is Cc1ccccc1-c1ccc(NC(=O)c2ccncc2F)c(-c2nccs2)c1. The molecule has 0 radical (unpaired) electrons. The maximum Gasteiger partial charge on any atom is 0.258 e. The van der Waals surface area contributed by atoms with Gasteiger partial charge < -0.3 is 5.32 Å². The normalized spacial score (nSPS) is 10.6. The summed E-state index contributed by atoms with van der Waals surface area (Å²) in [7, 11) is 0. The van der Waals surface area contributed by atoms with Gasteiger partial charge in [0, 0.05) is 23.3 Å². The van der Waals surface area contributed by atoms with E-state index in [0.29, 0.717) is 5.69 Å². The van der Waals surface area contributed by atoms with Gasteiger partial charge in [0.1, 0.15) is 5.01 Å². The molecule has 6 heteroatoms. The lowest BCUT2D eigenvalue weighted by Gasteiger charge is -2.13. The number of hydrogen-bond acceptors (Lipinski definition) is 4. The second-order valence-electron chi connectivity index (χ2n) is 6.22. The first-order chi connectivity index (χ1) is 13.6. The summed E-state index contributed by atoms with van der Waals surface area (Å²) in [5.74, 6) is -1.19. The van der Waals surface area contributed by atoms with Crippen molar-refractivity contribution in [3.8, 4) is 21.7 Å². The average molecular weight is 389 g/mol. The van der Waals surface area contributed by atoms with Crippen molar-refractivity contribution >= 4 is 22.9 Å². The van der Waals surface area contributed by atoms with Crippen molar-refractivity contribution in [2.24, 2.45) is 0 Å². The molecule has 138 valence electrons. The number of anilines is 1. The minimum atomic E-state index is -0.660. The largest absolute Gasteiger partial charge is 0.321 e. The van der Waals surface area contributed by atoms with E-state index in [1.807, 2.05) is 35.7 Å². The molecule has 0 saturated heterocycles. The molecule has 4 aromatic rings. The number of rotatable bonds is 4. The van der Waals surface area contributed by atoms with Gasteiger partial charge in [0.25, 0.3) is 5.91 Å². The van der Waals surface area contributed by atoms with E-state index < -0.39 is 11.7 Å². The number of aromatic nitrogens is 2. The number of nitrogens with one attached hydrogen (secondary N) is 1. The Balaban J connectivity index is 1.76. The first kappa shape index (κ1) is 18.0. The zero-order chi connectivity index (χ0) is 19.5. The van der Waals surface area contributed by atoms with E-state index in [2.05, 4.69) is 34.3 Å². The molecule has 0 aliphatic rings. The molecule has 2 aromatic carbocycles. The van der Waals surface area contributed by atoms with Gasteiger partial charge >= 0.3 is 0 Å². The van der Waals surface area contributed by atoms with Crippen molar-refractivity contribution in [1.82, 2.24) is 9.97 Å². The van der Waals surface area contributed by atoms with Crippen LogP contribution in [0.1, 0.15) is 15.9 Å². The molecule has 0 spiro atoms. The maximum absolute atomic E-state index is 13.9. The van der Waals surface area contributed by atoms with Gasteiger partial charge in [-0.15, -0.1) is 11.3 Å². The van der Waals surface area contributed by atoms with Crippen LogP contribution in [0.15, 0.2) is 72.5 Å². The van der Waals surface area contributed by atoms with Gasteiger partial charge in [0.15, 0.2) is 5.82 Å². The molecule has 0 fully saturated rings. The summed E-state index contributed by atoms with van der Waals surface area (Å²) in [6.45, 7) is 2.06. The number of nitrogens with zero attached hydrogens (tertiary/aromatic N) is 2. The fraction of sp³-hybridized carbons (Fsp3) is 0.0455. The lowest BCUT2D eigenvalue weighted by molar-refractivity contribution is 0.102. The first-order valence-electron chi connectivity index (χ1n) is 8.64. The van der Waals surface area contributed by atoms with Crippen molar-refractivity contribution in [1.29, 1.82) is 0 Å². The van der Waals surface area contributed by atoms with Gasteiger partial charge in [-0.25, -0.2) is 9.37 Å². The summed E-state index contributed by atoms with van der Waals surface area (Å²) in [5.41, 5.74) is 4.60. The average Bonchev–Trinajstić information content (AvgIpc) is 3.24. The molecule has 1 N–H and O–H groups in total. The molecule has 4 nitrogen and oxygen atoms in total. The molecule has 0 unspecified atom stereocenters. The van der Waals surface area contributed by atoms with E-state index in [4.69, 9.17) is 0 Å². The molecule has 2 aromatic heterocycles. The molecule has 0 aliphatic heterocycles. The van der Waals surface area contributed by atoms with Crippen LogP contribution in [0.2, 0.25) is 0 Å². The predicted molar refractivity (Wildman–Crippen MR) is 110 cm³/mol. The Labute approximate surface area is 165 Å². The summed E-state index contributed by atoms with van der Waals surface area (Å²) in [6, 6.07) is 15.2. The van der Waals surface area contributed by atoms with Crippen LogP contribution in [0.4, 0.5) is 10.1 Å². The molecular weight excluding hydrogens is 373 g/mol. The molecule has 0 aliphatic carbocycles. The molecular formula is C22H16FN3OS. The molecule has 0 atom stereocenters. The van der Waals surface area contributed by atoms with Gasteiger partial charge in [-0.3, -0.25) is 9.78 Å². The fourth-order valence-corrected chi connectivity index (χ4v) is 3.67. The molecule has 1 amide bonds. The molecule has 0 bridgehead atoms. The fourth-order valence-electron chi connectivity index (χ4n) is 3.00. The summed E-state index contributed by atoms with van der Waals surface area (Å²) >= 11 is 1.48. The highest BCUT2D eigenvalue weighted by Crippen LogP contribution is 2.35. The van der Waals surface area contributed by atoms with Gasteiger partial charge in [-0.05, 0) is 41.8 Å². The van der Waals surface area contributed by atoms with Crippen LogP contribution in [-0.2, 0) is 0 Å². The lowest BCUT2D eigenvalue weighted by atomic mass is 9.98. The summed E-state index contributed by atoms with van der Waals surface area (Å²) in [5, 5.41) is 5.47. The Morgan fingerprint density at radius 2 is 1.93 bits per heavy atom. The monoisotopic (exact) mass is 389 g/mol. The quantitative estimate of drug-likeness (QED) is 0.496. The van der Waals surface area contributed by atoms with Crippen LogP contribution in [0.25, 0.3) is 21.7 Å². The standard InChI is InChI=1S/C22H16FN3OS/c1-14-4-2-3-5-16(14)15-6-7-20(18(12-15)22-25-10-11-28-22)26-21(27)17-8-9-24-13-19(17)23/h2-13H,1H3,(H,26,27). The van der Waals surface area contributed by atoms with Crippen molar-refractivity contribution < 1.29 is 9.18 Å². The Bertz CT molecular complexity index is 1140. The third kappa shape index (κ3) is 3.54. The zero-order valence-corrected chi connectivity index (χ0v) is 15.8. The Morgan fingerprint density at radius 1 is 1.07 bits per heavy atom. The zero-order valence-electron chi connectivity index (χ0n) is 15.0. The number of carbonyl (C=O) groups excluding carboxylic acids is 1. The van der Waals surface area contributed by atoms with E-state index in [-0.39, 0.29) is 5.56 Å². The number of pyridine rings is 1. The van der Waals surface area contributed by atoms with Gasteiger partial charge in [-0.1, -0.05) is 30.3 Å².